The lowest BCUT2D eigenvalue weighted by atomic mass is 10.2. The molecule has 1 aromatic rings. The van der Waals surface area contributed by atoms with Crippen molar-refractivity contribution in [3.05, 3.63) is 36.3 Å². The highest BCUT2D eigenvalue weighted by Gasteiger charge is 2.32. The molecule has 0 saturated heterocycles. The van der Waals surface area contributed by atoms with E-state index in [2.05, 4.69) is 6.58 Å². The van der Waals surface area contributed by atoms with E-state index < -0.39 is 17.7 Å². The summed E-state index contributed by atoms with van der Waals surface area (Å²) in [4.78, 5) is 0. The minimum atomic E-state index is -4.57. The van der Waals surface area contributed by atoms with Crippen molar-refractivity contribution in [1.82, 2.24) is 0 Å². The molecule has 0 aromatic heterocycles. The Morgan fingerprint density at radius 3 is 2.33 bits per heavy atom. The van der Waals surface area contributed by atoms with Gasteiger partial charge in [-0.1, -0.05) is 6.58 Å². The summed E-state index contributed by atoms with van der Waals surface area (Å²) in [5, 5.41) is 1.92. The largest absolute Gasteiger partial charge is 0.430 e. The number of alkyl halides is 3. The Hall–Kier alpha value is -1.72. The van der Waals surface area contributed by atoms with Crippen LogP contribution in [0.5, 0.6) is 0 Å². The topological polar surface area (TPSA) is 38.0 Å². The van der Waals surface area contributed by atoms with Crippen molar-refractivity contribution in [2.24, 2.45) is 0 Å². The van der Waals surface area contributed by atoms with Gasteiger partial charge in [-0.3, -0.25) is 0 Å². The summed E-state index contributed by atoms with van der Waals surface area (Å²) in [6.07, 6.45) is -4.57. The lowest BCUT2D eigenvalue weighted by Gasteiger charge is -2.12. The lowest BCUT2D eigenvalue weighted by Crippen LogP contribution is -2.17. The summed E-state index contributed by atoms with van der Waals surface area (Å²) in [6, 6.07) is 3.08. The molecular weight excluding hydrogens is 212 g/mol. The van der Waals surface area contributed by atoms with E-state index >= 15 is 0 Å². The maximum Gasteiger partial charge on any atom is 0.430 e. The first-order chi connectivity index (χ1) is 6.79. The SMILES string of the molecule is C=C(Nc1cc(N)cc(F)c1)C(F)(F)F. The van der Waals surface area contributed by atoms with Crippen molar-refractivity contribution in [1.29, 1.82) is 0 Å². The summed E-state index contributed by atoms with van der Waals surface area (Å²) in [5.74, 6) is -0.715. The first-order valence-electron chi connectivity index (χ1n) is 3.88. The van der Waals surface area contributed by atoms with Gasteiger partial charge in [-0.05, 0) is 18.2 Å². The smallest absolute Gasteiger partial charge is 0.399 e. The first kappa shape index (κ1) is 11.4. The third-order valence-corrected chi connectivity index (χ3v) is 1.56. The van der Waals surface area contributed by atoms with Gasteiger partial charge in [-0.15, -0.1) is 0 Å². The maximum absolute atomic E-state index is 12.7. The Morgan fingerprint density at radius 1 is 1.27 bits per heavy atom. The van der Waals surface area contributed by atoms with Gasteiger partial charge in [0, 0.05) is 11.4 Å². The van der Waals surface area contributed by atoms with Gasteiger partial charge in [0.2, 0.25) is 0 Å². The van der Waals surface area contributed by atoms with Crippen molar-refractivity contribution in [3.63, 3.8) is 0 Å². The van der Waals surface area contributed by atoms with Crippen LogP contribution in [0, 0.1) is 5.82 Å². The molecular formula is C9H8F4N2. The molecule has 3 N–H and O–H groups in total. The van der Waals surface area contributed by atoms with Crippen molar-refractivity contribution >= 4 is 11.4 Å². The van der Waals surface area contributed by atoms with Crippen LogP contribution in [-0.4, -0.2) is 6.18 Å². The molecule has 15 heavy (non-hydrogen) atoms. The van der Waals surface area contributed by atoms with Crippen molar-refractivity contribution in [3.8, 4) is 0 Å². The van der Waals surface area contributed by atoms with Crippen LogP contribution in [0.25, 0.3) is 0 Å². The molecule has 2 nitrogen and oxygen atoms in total. The summed E-state index contributed by atoms with van der Waals surface area (Å²) in [5.41, 5.74) is 4.03. The average molecular weight is 220 g/mol. The fourth-order valence-corrected chi connectivity index (χ4v) is 0.930. The zero-order chi connectivity index (χ0) is 11.6. The lowest BCUT2D eigenvalue weighted by molar-refractivity contribution is -0.0898. The van der Waals surface area contributed by atoms with Gasteiger partial charge in [0.1, 0.15) is 11.5 Å². The van der Waals surface area contributed by atoms with Crippen LogP contribution < -0.4 is 11.1 Å². The number of anilines is 2. The van der Waals surface area contributed by atoms with Crippen LogP contribution in [0.3, 0.4) is 0 Å². The first-order valence-corrected chi connectivity index (χ1v) is 3.88. The predicted molar refractivity (Wildman–Crippen MR) is 49.6 cm³/mol. The van der Waals surface area contributed by atoms with Gasteiger partial charge in [0.05, 0.1) is 0 Å². The second kappa shape index (κ2) is 3.80. The second-order valence-electron chi connectivity index (χ2n) is 2.87. The molecule has 0 fully saturated rings. The average Bonchev–Trinajstić information content (AvgIpc) is 1.99. The Balaban J connectivity index is 2.86. The monoisotopic (exact) mass is 220 g/mol. The summed E-state index contributed by atoms with van der Waals surface area (Å²) < 4.78 is 48.9. The molecule has 1 rings (SSSR count). The molecule has 0 unspecified atom stereocenters. The maximum atomic E-state index is 12.7. The summed E-state index contributed by atoms with van der Waals surface area (Å²) in [6.45, 7) is 2.78. The molecule has 0 bridgehead atoms. The van der Waals surface area contributed by atoms with Crippen molar-refractivity contribution in [2.75, 3.05) is 11.1 Å². The third-order valence-electron chi connectivity index (χ3n) is 1.56. The zero-order valence-electron chi connectivity index (χ0n) is 7.53. The fourth-order valence-electron chi connectivity index (χ4n) is 0.930. The molecule has 0 aliphatic heterocycles. The van der Waals surface area contributed by atoms with Gasteiger partial charge < -0.3 is 11.1 Å². The normalized spacial score (nSPS) is 11.2. The summed E-state index contributed by atoms with van der Waals surface area (Å²) in [7, 11) is 0. The fraction of sp³-hybridized carbons (Fsp3) is 0.111. The molecule has 0 radical (unpaired) electrons. The van der Waals surface area contributed by atoms with Gasteiger partial charge in [0.25, 0.3) is 0 Å². The van der Waals surface area contributed by atoms with Crippen molar-refractivity contribution < 1.29 is 17.6 Å². The van der Waals surface area contributed by atoms with Gasteiger partial charge in [-0.25, -0.2) is 4.39 Å². The molecule has 0 amide bonds. The molecule has 0 atom stereocenters. The van der Waals surface area contributed by atoms with Crippen LogP contribution in [0.1, 0.15) is 0 Å². The van der Waals surface area contributed by atoms with Crippen LogP contribution in [-0.2, 0) is 0 Å². The number of nitrogens with two attached hydrogens (primary N) is 1. The molecule has 1 aromatic carbocycles. The number of rotatable bonds is 2. The standard InChI is InChI=1S/C9H8F4N2/c1-5(9(11,12)13)15-8-3-6(10)2-7(14)4-8/h2-4,15H,1,14H2. The van der Waals surface area contributed by atoms with Crippen LogP contribution >= 0.6 is 0 Å². The Kier molecular flexibility index (Phi) is 2.88. The van der Waals surface area contributed by atoms with Gasteiger partial charge >= 0.3 is 6.18 Å². The van der Waals surface area contributed by atoms with Crippen molar-refractivity contribution in [2.45, 2.75) is 6.18 Å². The van der Waals surface area contributed by atoms with Crippen LogP contribution in [0.2, 0.25) is 0 Å². The number of allylic oxidation sites excluding steroid dienone is 1. The number of halogens is 4. The Morgan fingerprint density at radius 2 is 1.87 bits per heavy atom. The van der Waals surface area contributed by atoms with E-state index in [1.807, 2.05) is 5.32 Å². The highest BCUT2D eigenvalue weighted by molar-refractivity contribution is 5.57. The number of nitrogens with one attached hydrogen (secondary N) is 1. The van der Waals surface area contributed by atoms with E-state index in [4.69, 9.17) is 5.73 Å². The predicted octanol–water partition coefficient (Wildman–Crippen LogP) is 2.90. The number of benzene rings is 1. The second-order valence-corrected chi connectivity index (χ2v) is 2.87. The molecule has 6 heteroatoms. The third kappa shape index (κ3) is 3.16. The Bertz CT molecular complexity index is 364. The molecule has 82 valence electrons. The van der Waals surface area contributed by atoms with E-state index in [-0.39, 0.29) is 11.4 Å². The Labute approximate surface area is 83.4 Å². The minimum Gasteiger partial charge on any atom is -0.399 e. The van der Waals surface area contributed by atoms with E-state index in [1.54, 1.807) is 0 Å². The highest BCUT2D eigenvalue weighted by atomic mass is 19.4. The molecule has 0 aliphatic carbocycles. The molecule has 0 saturated carbocycles. The van der Waals surface area contributed by atoms with Crippen LogP contribution in [0.15, 0.2) is 30.5 Å². The minimum absolute atomic E-state index is 0.0347. The summed E-state index contributed by atoms with van der Waals surface area (Å²) >= 11 is 0. The van der Waals surface area contributed by atoms with E-state index in [9.17, 15) is 17.6 Å². The van der Waals surface area contributed by atoms with E-state index in [0.29, 0.717) is 0 Å². The molecule has 0 spiro atoms. The van der Waals surface area contributed by atoms with E-state index in [1.165, 1.54) is 6.07 Å². The zero-order valence-corrected chi connectivity index (χ0v) is 7.53. The number of nitrogen functional groups attached to an aromatic ring is 1. The molecule has 0 aliphatic rings. The number of hydrogen-bond acceptors (Lipinski definition) is 2. The number of hydrogen-bond donors (Lipinski definition) is 2. The quantitative estimate of drug-likeness (QED) is 0.594. The van der Waals surface area contributed by atoms with Gasteiger partial charge in [0.15, 0.2) is 0 Å². The highest BCUT2D eigenvalue weighted by Crippen LogP contribution is 2.26. The van der Waals surface area contributed by atoms with Gasteiger partial charge in [-0.2, -0.15) is 13.2 Å². The van der Waals surface area contributed by atoms with E-state index in [0.717, 1.165) is 12.1 Å². The molecule has 0 heterocycles. The van der Waals surface area contributed by atoms with Crippen LogP contribution in [0.4, 0.5) is 28.9 Å².